The summed E-state index contributed by atoms with van der Waals surface area (Å²) in [6.07, 6.45) is 2.07. The first-order valence-corrected chi connectivity index (χ1v) is 6.06. The van der Waals surface area contributed by atoms with Gasteiger partial charge in [0.15, 0.2) is 0 Å². The molecule has 0 atom stereocenters. The molecule has 1 aromatic rings. The summed E-state index contributed by atoms with van der Waals surface area (Å²) < 4.78 is 6.61. The molecule has 3 nitrogen and oxygen atoms in total. The number of rotatable bonds is 6. The monoisotopic (exact) mass is 282 g/mol. The van der Waals surface area contributed by atoms with Crippen LogP contribution >= 0.6 is 15.9 Å². The lowest BCUT2D eigenvalue weighted by Crippen LogP contribution is -2.06. The van der Waals surface area contributed by atoms with Gasteiger partial charge in [-0.3, -0.25) is 0 Å². The Kier molecular flexibility index (Phi) is 5.91. The maximum absolute atomic E-state index is 8.43. The highest BCUT2D eigenvalue weighted by Gasteiger charge is 2.06. The van der Waals surface area contributed by atoms with Crippen molar-refractivity contribution in [2.45, 2.75) is 19.3 Å². The number of hydrogen-bond donors (Lipinski definition) is 1. The van der Waals surface area contributed by atoms with Gasteiger partial charge >= 0.3 is 0 Å². The van der Waals surface area contributed by atoms with Gasteiger partial charge in [-0.15, -0.1) is 0 Å². The lowest BCUT2D eigenvalue weighted by Gasteiger charge is -2.12. The zero-order valence-corrected chi connectivity index (χ0v) is 10.7. The Bertz CT molecular complexity index is 374. The molecule has 0 aliphatic heterocycles. The van der Waals surface area contributed by atoms with Crippen LogP contribution in [0.15, 0.2) is 22.7 Å². The summed E-state index contributed by atoms with van der Waals surface area (Å²) in [5, 5.41) is 8.43. The van der Waals surface area contributed by atoms with Crippen molar-refractivity contribution in [1.82, 2.24) is 0 Å². The third-order valence-corrected chi connectivity index (χ3v) is 2.77. The largest absolute Gasteiger partial charge is 0.492 e. The highest BCUT2D eigenvalue weighted by Crippen LogP contribution is 2.29. The minimum Gasteiger partial charge on any atom is -0.492 e. The van der Waals surface area contributed by atoms with Crippen LogP contribution in [0.25, 0.3) is 0 Å². The van der Waals surface area contributed by atoms with Gasteiger partial charge in [0, 0.05) is 6.42 Å². The van der Waals surface area contributed by atoms with Gasteiger partial charge in [-0.2, -0.15) is 5.26 Å². The van der Waals surface area contributed by atoms with Crippen molar-refractivity contribution in [3.8, 4) is 11.8 Å². The molecule has 16 heavy (non-hydrogen) atoms. The van der Waals surface area contributed by atoms with E-state index in [2.05, 4.69) is 22.0 Å². The molecule has 1 rings (SSSR count). The molecule has 0 bridgehead atoms. The minimum atomic E-state index is 0.524. The van der Waals surface area contributed by atoms with E-state index in [1.165, 1.54) is 0 Å². The predicted molar refractivity (Wildman–Crippen MR) is 67.2 cm³/mol. The van der Waals surface area contributed by atoms with Gasteiger partial charge in [-0.1, -0.05) is 12.1 Å². The molecule has 0 amide bonds. The van der Waals surface area contributed by atoms with Crippen molar-refractivity contribution in [2.24, 2.45) is 5.73 Å². The normalized spacial score (nSPS) is 9.81. The molecule has 0 saturated carbocycles. The van der Waals surface area contributed by atoms with E-state index in [0.717, 1.165) is 28.6 Å². The van der Waals surface area contributed by atoms with E-state index < -0.39 is 0 Å². The molecular formula is C12H15BrN2O. The average Bonchev–Trinajstić information content (AvgIpc) is 2.28. The van der Waals surface area contributed by atoms with Crippen molar-refractivity contribution in [1.29, 1.82) is 5.26 Å². The van der Waals surface area contributed by atoms with Gasteiger partial charge in [0.2, 0.25) is 0 Å². The molecule has 0 radical (unpaired) electrons. The third kappa shape index (κ3) is 3.84. The van der Waals surface area contributed by atoms with Crippen LogP contribution in [-0.4, -0.2) is 13.2 Å². The highest BCUT2D eigenvalue weighted by molar-refractivity contribution is 9.10. The van der Waals surface area contributed by atoms with E-state index in [4.69, 9.17) is 15.7 Å². The highest BCUT2D eigenvalue weighted by atomic mass is 79.9. The Labute approximate surface area is 104 Å². The van der Waals surface area contributed by atoms with Crippen molar-refractivity contribution in [3.05, 3.63) is 28.2 Å². The lowest BCUT2D eigenvalue weighted by molar-refractivity contribution is 0.307. The van der Waals surface area contributed by atoms with Crippen LogP contribution in [-0.2, 0) is 6.42 Å². The second-order valence-electron chi connectivity index (χ2n) is 3.38. The standard InChI is InChI=1S/C12H15BrN2O/c13-11-5-3-4-10(6-8-15)12(11)16-9-2-1-7-14/h3-5H,1-2,6,8-9,15H2. The lowest BCUT2D eigenvalue weighted by atomic mass is 10.1. The quantitative estimate of drug-likeness (QED) is 0.816. The van der Waals surface area contributed by atoms with E-state index >= 15 is 0 Å². The number of nitriles is 1. The molecule has 0 saturated heterocycles. The van der Waals surface area contributed by atoms with Crippen LogP contribution < -0.4 is 10.5 Å². The molecule has 86 valence electrons. The van der Waals surface area contributed by atoms with Crippen LogP contribution in [0.1, 0.15) is 18.4 Å². The van der Waals surface area contributed by atoms with E-state index in [-0.39, 0.29) is 0 Å². The Morgan fingerprint density at radius 3 is 2.94 bits per heavy atom. The fourth-order valence-electron chi connectivity index (χ4n) is 1.39. The second-order valence-corrected chi connectivity index (χ2v) is 4.23. The van der Waals surface area contributed by atoms with Crippen molar-refractivity contribution >= 4 is 15.9 Å². The van der Waals surface area contributed by atoms with Crippen molar-refractivity contribution in [2.75, 3.05) is 13.2 Å². The van der Waals surface area contributed by atoms with Crippen LogP contribution in [0.3, 0.4) is 0 Å². The van der Waals surface area contributed by atoms with Gasteiger partial charge in [-0.05, 0) is 46.9 Å². The van der Waals surface area contributed by atoms with E-state index in [0.29, 0.717) is 19.6 Å². The first-order chi connectivity index (χ1) is 7.79. The molecule has 0 spiro atoms. The summed E-state index contributed by atoms with van der Waals surface area (Å²) in [4.78, 5) is 0. The van der Waals surface area contributed by atoms with Gasteiger partial charge in [0.05, 0.1) is 17.1 Å². The van der Waals surface area contributed by atoms with Crippen LogP contribution in [0.2, 0.25) is 0 Å². The molecule has 4 heteroatoms. The molecular weight excluding hydrogens is 268 g/mol. The van der Waals surface area contributed by atoms with Crippen molar-refractivity contribution in [3.63, 3.8) is 0 Å². The first kappa shape index (κ1) is 13.0. The second kappa shape index (κ2) is 7.26. The van der Waals surface area contributed by atoms with Crippen molar-refractivity contribution < 1.29 is 4.74 Å². The Morgan fingerprint density at radius 1 is 1.44 bits per heavy atom. The fraction of sp³-hybridized carbons (Fsp3) is 0.417. The Morgan fingerprint density at radius 2 is 2.25 bits per heavy atom. The molecule has 0 aliphatic carbocycles. The number of benzene rings is 1. The van der Waals surface area contributed by atoms with Gasteiger partial charge in [-0.25, -0.2) is 0 Å². The summed E-state index contributed by atoms with van der Waals surface area (Å²) >= 11 is 3.46. The SMILES string of the molecule is N#CCCCOc1c(Br)cccc1CCN. The summed E-state index contributed by atoms with van der Waals surface area (Å²) in [7, 11) is 0. The van der Waals surface area contributed by atoms with Crippen LogP contribution in [0.4, 0.5) is 0 Å². The summed E-state index contributed by atoms with van der Waals surface area (Å²) in [5.41, 5.74) is 6.65. The number of ether oxygens (including phenoxy) is 1. The summed E-state index contributed by atoms with van der Waals surface area (Å²) in [5.74, 6) is 0.853. The number of hydrogen-bond acceptors (Lipinski definition) is 3. The molecule has 0 aromatic heterocycles. The zero-order chi connectivity index (χ0) is 11.8. The number of nitrogens with zero attached hydrogens (tertiary/aromatic N) is 1. The minimum absolute atomic E-state index is 0.524. The van der Waals surface area contributed by atoms with Crippen LogP contribution in [0.5, 0.6) is 5.75 Å². The number of nitrogens with two attached hydrogens (primary N) is 1. The molecule has 1 aromatic carbocycles. The Balaban J connectivity index is 2.65. The Hall–Kier alpha value is -1.05. The smallest absolute Gasteiger partial charge is 0.136 e. The number of halogens is 1. The predicted octanol–water partition coefficient (Wildman–Crippen LogP) is 2.63. The number of unbranched alkanes of at least 4 members (excludes halogenated alkanes) is 1. The fourth-order valence-corrected chi connectivity index (χ4v) is 1.91. The van der Waals surface area contributed by atoms with E-state index in [1.54, 1.807) is 0 Å². The maximum Gasteiger partial charge on any atom is 0.136 e. The first-order valence-electron chi connectivity index (χ1n) is 5.26. The average molecular weight is 283 g/mol. The summed E-state index contributed by atoms with van der Waals surface area (Å²) in [6, 6.07) is 8.02. The maximum atomic E-state index is 8.43. The van der Waals surface area contributed by atoms with Gasteiger partial charge < -0.3 is 10.5 Å². The molecule has 2 N–H and O–H groups in total. The topological polar surface area (TPSA) is 59.0 Å². The summed E-state index contributed by atoms with van der Waals surface area (Å²) in [6.45, 7) is 1.17. The van der Waals surface area contributed by atoms with E-state index in [9.17, 15) is 0 Å². The molecule has 0 unspecified atom stereocenters. The zero-order valence-electron chi connectivity index (χ0n) is 9.08. The molecule has 0 aliphatic rings. The van der Waals surface area contributed by atoms with Gasteiger partial charge in [0.25, 0.3) is 0 Å². The van der Waals surface area contributed by atoms with E-state index in [1.807, 2.05) is 18.2 Å². The van der Waals surface area contributed by atoms with Gasteiger partial charge in [0.1, 0.15) is 5.75 Å². The third-order valence-electron chi connectivity index (χ3n) is 2.14. The molecule has 0 heterocycles. The molecule has 0 fully saturated rings. The number of para-hydroxylation sites is 1. The van der Waals surface area contributed by atoms with Crippen LogP contribution in [0, 0.1) is 11.3 Å².